The van der Waals surface area contributed by atoms with Crippen molar-refractivity contribution in [3.8, 4) is 0 Å². The van der Waals surface area contributed by atoms with E-state index in [0.717, 1.165) is 0 Å². The molecule has 0 aliphatic rings. The lowest BCUT2D eigenvalue weighted by atomic mass is 10.2. The van der Waals surface area contributed by atoms with Gasteiger partial charge in [0.05, 0.1) is 12.5 Å². The quantitative estimate of drug-likeness (QED) is 0.743. The van der Waals surface area contributed by atoms with Gasteiger partial charge in [0, 0.05) is 10.7 Å². The maximum Gasteiger partial charge on any atom is 0.305 e. The zero-order valence-electron chi connectivity index (χ0n) is 9.24. The molecule has 0 aliphatic carbocycles. The lowest BCUT2D eigenvalue weighted by Gasteiger charge is -2.13. The standard InChI is InChI=1S/C11H13ClN2O3/c1-13-9(6-10(15)16)11(17)14-8-4-2-7(12)3-5-8/h2-5,9,13H,6H2,1H3,(H,14,17)(H,15,16)/t9-/m0/s1. The number of carboxylic acid groups (broad SMARTS) is 1. The molecule has 0 saturated heterocycles. The van der Waals surface area contributed by atoms with Gasteiger partial charge in [0.15, 0.2) is 0 Å². The van der Waals surface area contributed by atoms with E-state index in [9.17, 15) is 9.59 Å². The molecule has 5 nitrogen and oxygen atoms in total. The van der Waals surface area contributed by atoms with E-state index in [1.165, 1.54) is 7.05 Å². The normalized spacial score (nSPS) is 11.9. The van der Waals surface area contributed by atoms with Crippen molar-refractivity contribution < 1.29 is 14.7 Å². The zero-order valence-corrected chi connectivity index (χ0v) is 9.99. The van der Waals surface area contributed by atoms with Crippen LogP contribution in [0.3, 0.4) is 0 Å². The molecule has 1 rings (SSSR count). The molecule has 6 heteroatoms. The number of carbonyl (C=O) groups excluding carboxylic acids is 1. The molecule has 1 aromatic carbocycles. The molecule has 17 heavy (non-hydrogen) atoms. The van der Waals surface area contributed by atoms with Crippen LogP contribution in [-0.4, -0.2) is 30.1 Å². The van der Waals surface area contributed by atoms with Gasteiger partial charge in [-0.25, -0.2) is 0 Å². The first kappa shape index (κ1) is 13.5. The van der Waals surface area contributed by atoms with Crippen LogP contribution in [0, 0.1) is 0 Å². The highest BCUT2D eigenvalue weighted by atomic mass is 35.5. The summed E-state index contributed by atoms with van der Waals surface area (Å²) in [6.07, 6.45) is -0.268. The maximum absolute atomic E-state index is 11.7. The fraction of sp³-hybridized carbons (Fsp3) is 0.273. The first-order valence-electron chi connectivity index (χ1n) is 4.98. The molecule has 0 aliphatic heterocycles. The molecular weight excluding hydrogens is 244 g/mol. The Morgan fingerprint density at radius 2 is 1.94 bits per heavy atom. The Bertz CT molecular complexity index is 406. The molecule has 0 spiro atoms. The van der Waals surface area contributed by atoms with Gasteiger partial charge in [-0.3, -0.25) is 9.59 Å². The summed E-state index contributed by atoms with van der Waals surface area (Å²) in [5.74, 6) is -1.42. The fourth-order valence-electron chi connectivity index (χ4n) is 1.26. The highest BCUT2D eigenvalue weighted by Crippen LogP contribution is 2.13. The van der Waals surface area contributed by atoms with Gasteiger partial charge in [-0.15, -0.1) is 0 Å². The SMILES string of the molecule is CN[C@@H](CC(=O)O)C(=O)Nc1ccc(Cl)cc1. The predicted octanol–water partition coefficient (Wildman–Crippen LogP) is 1.34. The number of likely N-dealkylation sites (N-methyl/N-ethyl adjacent to an activating group) is 1. The number of amides is 1. The van der Waals surface area contributed by atoms with Crippen LogP contribution in [0.15, 0.2) is 24.3 Å². The molecule has 1 atom stereocenters. The molecule has 92 valence electrons. The second kappa shape index (κ2) is 6.22. The van der Waals surface area contributed by atoms with E-state index in [2.05, 4.69) is 10.6 Å². The lowest BCUT2D eigenvalue weighted by molar-refractivity contribution is -0.139. The predicted molar refractivity (Wildman–Crippen MR) is 65.2 cm³/mol. The molecule has 0 unspecified atom stereocenters. The van der Waals surface area contributed by atoms with Gasteiger partial charge in [-0.05, 0) is 31.3 Å². The van der Waals surface area contributed by atoms with Gasteiger partial charge in [-0.2, -0.15) is 0 Å². The third kappa shape index (κ3) is 4.42. The summed E-state index contributed by atoms with van der Waals surface area (Å²) in [4.78, 5) is 22.2. The van der Waals surface area contributed by atoms with E-state index in [1.807, 2.05) is 0 Å². The number of hydrogen-bond acceptors (Lipinski definition) is 3. The second-order valence-electron chi connectivity index (χ2n) is 3.44. The Kier molecular flexibility index (Phi) is 4.93. The number of carboxylic acids is 1. The number of nitrogens with one attached hydrogen (secondary N) is 2. The van der Waals surface area contributed by atoms with Gasteiger partial charge in [0.2, 0.25) is 5.91 Å². The molecule has 0 saturated carbocycles. The largest absolute Gasteiger partial charge is 0.481 e. The zero-order chi connectivity index (χ0) is 12.8. The number of halogens is 1. The number of carbonyl (C=O) groups is 2. The Labute approximate surface area is 104 Å². The van der Waals surface area contributed by atoms with Crippen LogP contribution in [0.1, 0.15) is 6.42 Å². The number of benzene rings is 1. The molecular formula is C11H13ClN2O3. The second-order valence-corrected chi connectivity index (χ2v) is 3.87. The van der Waals surface area contributed by atoms with Gasteiger partial charge in [0.1, 0.15) is 0 Å². The van der Waals surface area contributed by atoms with E-state index in [4.69, 9.17) is 16.7 Å². The van der Waals surface area contributed by atoms with Crippen molar-refractivity contribution in [3.05, 3.63) is 29.3 Å². The minimum Gasteiger partial charge on any atom is -0.481 e. The number of rotatable bonds is 5. The first-order valence-corrected chi connectivity index (χ1v) is 5.36. The van der Waals surface area contributed by atoms with Crippen LogP contribution in [0.4, 0.5) is 5.69 Å². The Morgan fingerprint density at radius 3 is 2.41 bits per heavy atom. The summed E-state index contributed by atoms with van der Waals surface area (Å²) in [7, 11) is 1.54. The Balaban J connectivity index is 2.63. The van der Waals surface area contributed by atoms with Crippen molar-refractivity contribution in [1.29, 1.82) is 0 Å². The van der Waals surface area contributed by atoms with Crippen molar-refractivity contribution in [2.45, 2.75) is 12.5 Å². The Hall–Kier alpha value is -1.59. The summed E-state index contributed by atoms with van der Waals surface area (Å²) in [5.41, 5.74) is 0.574. The summed E-state index contributed by atoms with van der Waals surface area (Å²) in [5, 5.41) is 14.4. The Morgan fingerprint density at radius 1 is 1.35 bits per heavy atom. The minimum atomic E-state index is -1.03. The van der Waals surface area contributed by atoms with Gasteiger partial charge in [0.25, 0.3) is 0 Å². The third-order valence-electron chi connectivity index (χ3n) is 2.16. The van der Waals surface area contributed by atoms with Crippen molar-refractivity contribution in [3.63, 3.8) is 0 Å². The summed E-state index contributed by atoms with van der Waals surface area (Å²) < 4.78 is 0. The van der Waals surface area contributed by atoms with Crippen molar-refractivity contribution in [2.75, 3.05) is 12.4 Å². The van der Waals surface area contributed by atoms with Crippen LogP contribution in [0.25, 0.3) is 0 Å². The molecule has 3 N–H and O–H groups in total. The van der Waals surface area contributed by atoms with E-state index >= 15 is 0 Å². The van der Waals surface area contributed by atoms with Crippen molar-refractivity contribution in [1.82, 2.24) is 5.32 Å². The van der Waals surface area contributed by atoms with Crippen LogP contribution < -0.4 is 10.6 Å². The third-order valence-corrected chi connectivity index (χ3v) is 2.41. The minimum absolute atomic E-state index is 0.268. The number of anilines is 1. The molecule has 0 heterocycles. The average Bonchev–Trinajstić information content (AvgIpc) is 2.28. The average molecular weight is 257 g/mol. The van der Waals surface area contributed by atoms with E-state index in [-0.39, 0.29) is 6.42 Å². The van der Waals surface area contributed by atoms with Crippen molar-refractivity contribution in [2.24, 2.45) is 0 Å². The topological polar surface area (TPSA) is 78.4 Å². The molecule has 0 bridgehead atoms. The van der Waals surface area contributed by atoms with Crippen LogP contribution in [0.2, 0.25) is 5.02 Å². The lowest BCUT2D eigenvalue weighted by Crippen LogP contribution is -2.40. The molecule has 1 aromatic rings. The number of aliphatic carboxylic acids is 1. The van der Waals surface area contributed by atoms with Crippen LogP contribution >= 0.6 is 11.6 Å². The van der Waals surface area contributed by atoms with E-state index < -0.39 is 17.9 Å². The molecule has 0 radical (unpaired) electrons. The van der Waals surface area contributed by atoms with Gasteiger partial charge in [-0.1, -0.05) is 11.6 Å². The highest BCUT2D eigenvalue weighted by Gasteiger charge is 2.19. The van der Waals surface area contributed by atoms with Crippen LogP contribution in [0.5, 0.6) is 0 Å². The number of hydrogen-bond donors (Lipinski definition) is 3. The van der Waals surface area contributed by atoms with Crippen molar-refractivity contribution >= 4 is 29.2 Å². The first-order chi connectivity index (χ1) is 8.02. The monoisotopic (exact) mass is 256 g/mol. The molecule has 1 amide bonds. The molecule has 0 aromatic heterocycles. The fourth-order valence-corrected chi connectivity index (χ4v) is 1.39. The maximum atomic E-state index is 11.7. The summed E-state index contributed by atoms with van der Waals surface area (Å²) >= 11 is 5.70. The van der Waals surface area contributed by atoms with E-state index in [1.54, 1.807) is 24.3 Å². The summed E-state index contributed by atoms with van der Waals surface area (Å²) in [6, 6.07) is 5.82. The highest BCUT2D eigenvalue weighted by molar-refractivity contribution is 6.30. The molecule has 0 fully saturated rings. The van der Waals surface area contributed by atoms with Gasteiger partial charge >= 0.3 is 5.97 Å². The smallest absolute Gasteiger partial charge is 0.305 e. The summed E-state index contributed by atoms with van der Waals surface area (Å²) in [6.45, 7) is 0. The van der Waals surface area contributed by atoms with Crippen LogP contribution in [-0.2, 0) is 9.59 Å². The van der Waals surface area contributed by atoms with E-state index in [0.29, 0.717) is 10.7 Å². The van der Waals surface area contributed by atoms with Gasteiger partial charge < -0.3 is 15.7 Å².